The molecule has 2 aromatic rings. The summed E-state index contributed by atoms with van der Waals surface area (Å²) in [5.41, 5.74) is 3.19. The molecule has 3 rings (SSSR count). The summed E-state index contributed by atoms with van der Waals surface area (Å²) in [6.45, 7) is 1.96. The van der Waals surface area contributed by atoms with E-state index in [0.29, 0.717) is 20.7 Å². The van der Waals surface area contributed by atoms with Crippen LogP contribution in [0.5, 0.6) is 5.75 Å². The van der Waals surface area contributed by atoms with E-state index in [1.807, 2.05) is 0 Å². The molecule has 0 radical (unpaired) electrons. The first-order valence-electron chi connectivity index (χ1n) is 8.14. The number of esters is 1. The number of hydrazine groups is 1. The molecule has 0 spiro atoms. The summed E-state index contributed by atoms with van der Waals surface area (Å²) < 4.78 is 5.25. The maximum atomic E-state index is 12.7. The minimum atomic E-state index is -0.630. The highest BCUT2D eigenvalue weighted by molar-refractivity contribution is 9.10. The Balaban J connectivity index is 1.89. The zero-order valence-electron chi connectivity index (χ0n) is 14.5. The highest BCUT2D eigenvalue weighted by Crippen LogP contribution is 2.33. The molecule has 0 aromatic heterocycles. The van der Waals surface area contributed by atoms with Crippen LogP contribution in [0.1, 0.15) is 22.8 Å². The number of hydrogen-bond acceptors (Lipinski definition) is 5. The number of amides is 2. The van der Waals surface area contributed by atoms with Gasteiger partial charge >= 0.3 is 5.97 Å². The Morgan fingerprint density at radius 1 is 1.29 bits per heavy atom. The van der Waals surface area contributed by atoms with Crippen molar-refractivity contribution in [2.45, 2.75) is 6.92 Å². The van der Waals surface area contributed by atoms with E-state index < -0.39 is 17.8 Å². The normalized spacial score (nSPS) is 15.1. The molecular formula is C19H14BrClN2O5. The number of rotatable bonds is 4. The van der Waals surface area contributed by atoms with Gasteiger partial charge in [0.1, 0.15) is 11.3 Å². The van der Waals surface area contributed by atoms with Crippen LogP contribution in [-0.4, -0.2) is 29.5 Å². The number of anilines is 1. The van der Waals surface area contributed by atoms with Gasteiger partial charge in [0.05, 0.1) is 22.3 Å². The second kappa shape index (κ2) is 8.04. The van der Waals surface area contributed by atoms with Crippen LogP contribution in [0, 0.1) is 0 Å². The topological polar surface area (TPSA) is 95.9 Å². The molecule has 1 aliphatic rings. The van der Waals surface area contributed by atoms with Crippen molar-refractivity contribution in [3.63, 3.8) is 0 Å². The molecule has 1 fully saturated rings. The summed E-state index contributed by atoms with van der Waals surface area (Å²) in [4.78, 5) is 36.7. The number of hydrogen-bond donors (Lipinski definition) is 2. The van der Waals surface area contributed by atoms with Crippen molar-refractivity contribution >= 4 is 57.1 Å². The molecule has 2 aromatic carbocycles. The lowest BCUT2D eigenvalue weighted by molar-refractivity contribution is -0.117. The molecule has 1 heterocycles. The fraction of sp³-hybridized carbons (Fsp3) is 0.105. The second-order valence-corrected chi connectivity index (χ2v) is 7.02. The van der Waals surface area contributed by atoms with Crippen LogP contribution >= 0.6 is 27.5 Å². The second-order valence-electron chi connectivity index (χ2n) is 5.73. The van der Waals surface area contributed by atoms with Crippen molar-refractivity contribution in [1.29, 1.82) is 0 Å². The minimum Gasteiger partial charge on any atom is -0.506 e. The molecular weight excluding hydrogens is 452 g/mol. The highest BCUT2D eigenvalue weighted by Gasteiger charge is 2.34. The van der Waals surface area contributed by atoms with Gasteiger partial charge in [0.2, 0.25) is 0 Å². The van der Waals surface area contributed by atoms with Crippen molar-refractivity contribution in [1.82, 2.24) is 5.43 Å². The summed E-state index contributed by atoms with van der Waals surface area (Å²) in [6.07, 6.45) is 1.26. The van der Waals surface area contributed by atoms with Gasteiger partial charge in [0.25, 0.3) is 11.8 Å². The summed E-state index contributed by atoms with van der Waals surface area (Å²) in [5.74, 6) is -1.86. The van der Waals surface area contributed by atoms with Gasteiger partial charge in [-0.1, -0.05) is 11.6 Å². The van der Waals surface area contributed by atoms with Gasteiger partial charge in [0.15, 0.2) is 0 Å². The Morgan fingerprint density at radius 2 is 1.96 bits per heavy atom. The van der Waals surface area contributed by atoms with Crippen LogP contribution in [0.3, 0.4) is 0 Å². The first-order valence-corrected chi connectivity index (χ1v) is 9.31. The van der Waals surface area contributed by atoms with E-state index in [1.165, 1.54) is 42.5 Å². The van der Waals surface area contributed by atoms with Crippen molar-refractivity contribution in [3.8, 4) is 5.75 Å². The quantitative estimate of drug-likeness (QED) is 0.410. The standard InChI is InChI=1S/C19H14BrClN2O5/c1-2-28-19(27)10-3-5-13(6-4-10)23-18(26)14(17(25)22-23)8-11-7-12(21)9-15(20)16(11)24/h3-9,24H,2H2,1H3,(H,22,25)/b14-8+. The lowest BCUT2D eigenvalue weighted by atomic mass is 10.1. The largest absolute Gasteiger partial charge is 0.506 e. The van der Waals surface area contributed by atoms with Crippen LogP contribution < -0.4 is 10.4 Å². The van der Waals surface area contributed by atoms with Gasteiger partial charge in [-0.25, -0.2) is 9.80 Å². The summed E-state index contributed by atoms with van der Waals surface area (Å²) in [5, 5.41) is 11.5. The van der Waals surface area contributed by atoms with Crippen molar-refractivity contribution in [2.24, 2.45) is 0 Å². The van der Waals surface area contributed by atoms with E-state index in [4.69, 9.17) is 16.3 Å². The Hall–Kier alpha value is -2.84. The smallest absolute Gasteiger partial charge is 0.338 e. The first kappa shape index (κ1) is 19.9. The maximum absolute atomic E-state index is 12.7. The fourth-order valence-electron chi connectivity index (χ4n) is 2.55. The number of phenols is 1. The van der Waals surface area contributed by atoms with Gasteiger partial charge in [-0.05, 0) is 65.3 Å². The van der Waals surface area contributed by atoms with E-state index >= 15 is 0 Å². The molecule has 2 amide bonds. The number of aromatic hydroxyl groups is 1. The molecule has 0 aliphatic carbocycles. The predicted octanol–water partition coefficient (Wildman–Crippen LogP) is 3.45. The number of halogens is 2. The predicted molar refractivity (Wildman–Crippen MR) is 107 cm³/mol. The third kappa shape index (κ3) is 3.88. The molecule has 28 heavy (non-hydrogen) atoms. The van der Waals surface area contributed by atoms with Gasteiger partial charge in [0, 0.05) is 10.6 Å². The molecule has 0 saturated carbocycles. The summed E-state index contributed by atoms with van der Waals surface area (Å²) in [7, 11) is 0. The lowest BCUT2D eigenvalue weighted by Crippen LogP contribution is -2.35. The molecule has 0 unspecified atom stereocenters. The summed E-state index contributed by atoms with van der Waals surface area (Å²) in [6, 6.07) is 8.95. The van der Waals surface area contributed by atoms with Crippen LogP contribution in [0.4, 0.5) is 5.69 Å². The molecule has 9 heteroatoms. The third-order valence-corrected chi connectivity index (χ3v) is 4.71. The minimum absolute atomic E-state index is 0.144. The van der Waals surface area contributed by atoms with Gasteiger partial charge < -0.3 is 9.84 Å². The van der Waals surface area contributed by atoms with Crippen LogP contribution in [-0.2, 0) is 14.3 Å². The lowest BCUT2D eigenvalue weighted by Gasteiger charge is -2.14. The highest BCUT2D eigenvalue weighted by atomic mass is 79.9. The van der Waals surface area contributed by atoms with E-state index in [9.17, 15) is 19.5 Å². The molecule has 1 aliphatic heterocycles. The monoisotopic (exact) mass is 464 g/mol. The van der Waals surface area contributed by atoms with E-state index in [2.05, 4.69) is 21.4 Å². The van der Waals surface area contributed by atoms with E-state index in [0.717, 1.165) is 5.01 Å². The number of carbonyl (C=O) groups is 3. The van der Waals surface area contributed by atoms with Crippen LogP contribution in [0.2, 0.25) is 5.02 Å². The zero-order valence-corrected chi connectivity index (χ0v) is 16.9. The maximum Gasteiger partial charge on any atom is 0.338 e. The number of phenolic OH excluding ortho intramolecular Hbond substituents is 1. The summed E-state index contributed by atoms with van der Waals surface area (Å²) >= 11 is 9.12. The Kier molecular flexibility index (Phi) is 5.71. The molecule has 144 valence electrons. The Morgan fingerprint density at radius 3 is 2.61 bits per heavy atom. The number of ether oxygens (including phenoxy) is 1. The average Bonchev–Trinajstić information content (AvgIpc) is 2.94. The molecule has 7 nitrogen and oxygen atoms in total. The average molecular weight is 466 g/mol. The number of benzene rings is 2. The van der Waals surface area contributed by atoms with Crippen molar-refractivity contribution in [2.75, 3.05) is 11.6 Å². The van der Waals surface area contributed by atoms with Crippen molar-refractivity contribution < 1.29 is 24.2 Å². The van der Waals surface area contributed by atoms with Gasteiger partial charge in [-0.15, -0.1) is 0 Å². The molecule has 0 bridgehead atoms. The number of carbonyl (C=O) groups excluding carboxylic acids is 3. The Labute approximate surface area is 173 Å². The van der Waals surface area contributed by atoms with Crippen LogP contribution in [0.25, 0.3) is 6.08 Å². The van der Waals surface area contributed by atoms with Crippen LogP contribution in [0.15, 0.2) is 46.4 Å². The van der Waals surface area contributed by atoms with Crippen molar-refractivity contribution in [3.05, 3.63) is 62.6 Å². The molecule has 2 N–H and O–H groups in total. The number of nitrogens with one attached hydrogen (secondary N) is 1. The molecule has 0 atom stereocenters. The third-order valence-electron chi connectivity index (χ3n) is 3.89. The Bertz CT molecular complexity index is 1000. The van der Waals surface area contributed by atoms with E-state index in [-0.39, 0.29) is 23.5 Å². The zero-order chi connectivity index (χ0) is 20.4. The SMILES string of the molecule is CCOC(=O)c1ccc(N2NC(=O)/C(=C\c3cc(Cl)cc(Br)c3O)C2=O)cc1. The number of nitrogens with zero attached hydrogens (tertiary/aromatic N) is 1. The van der Waals surface area contributed by atoms with Gasteiger partial charge in [-0.2, -0.15) is 0 Å². The first-order chi connectivity index (χ1) is 13.3. The fourth-order valence-corrected chi connectivity index (χ4v) is 3.39. The van der Waals surface area contributed by atoms with Gasteiger partial charge in [-0.3, -0.25) is 15.0 Å². The van der Waals surface area contributed by atoms with E-state index in [1.54, 1.807) is 6.92 Å². The molecule has 1 saturated heterocycles.